The molecule has 3 aromatic rings. The van der Waals surface area contributed by atoms with Crippen LogP contribution in [0.5, 0.6) is 11.5 Å². The maximum Gasteiger partial charge on any atom is 0.264 e. The summed E-state index contributed by atoms with van der Waals surface area (Å²) >= 11 is 6.19. The Kier molecular flexibility index (Phi) is 9.23. The molecule has 0 bridgehead atoms. The lowest BCUT2D eigenvalue weighted by atomic mass is 10.2. The molecule has 1 N–H and O–H groups in total. The fraction of sp³-hybridized carbons (Fsp3) is 0.296. The van der Waals surface area contributed by atoms with Crippen LogP contribution in [-0.2, 0) is 21.4 Å². The normalized spacial score (nSPS) is 11.1. The van der Waals surface area contributed by atoms with Crippen LogP contribution in [0.1, 0.15) is 30.5 Å². The van der Waals surface area contributed by atoms with Gasteiger partial charge in [-0.25, -0.2) is 8.42 Å². The van der Waals surface area contributed by atoms with Gasteiger partial charge in [0.25, 0.3) is 10.0 Å². The lowest BCUT2D eigenvalue weighted by Gasteiger charge is -2.26. The molecule has 3 aromatic carbocycles. The summed E-state index contributed by atoms with van der Waals surface area (Å²) in [5.74, 6) is 0.752. The zero-order valence-electron chi connectivity index (χ0n) is 20.9. The van der Waals surface area contributed by atoms with Crippen LogP contribution in [0, 0.1) is 13.8 Å². The van der Waals surface area contributed by atoms with Gasteiger partial charge in [0.15, 0.2) is 11.5 Å². The van der Waals surface area contributed by atoms with Crippen LogP contribution >= 0.6 is 11.6 Å². The zero-order valence-corrected chi connectivity index (χ0v) is 22.4. The van der Waals surface area contributed by atoms with Gasteiger partial charge in [-0.3, -0.25) is 9.10 Å². The number of carbonyl (C=O) groups is 1. The molecule has 0 spiro atoms. The quantitative estimate of drug-likeness (QED) is 0.365. The minimum atomic E-state index is -4.04. The molecule has 0 aliphatic rings. The zero-order chi connectivity index (χ0) is 26.3. The second-order valence-electron chi connectivity index (χ2n) is 8.18. The van der Waals surface area contributed by atoms with E-state index in [4.69, 9.17) is 21.1 Å². The molecule has 192 valence electrons. The van der Waals surface area contributed by atoms with Gasteiger partial charge in [-0.1, -0.05) is 41.4 Å². The fourth-order valence-corrected chi connectivity index (χ4v) is 5.22. The summed E-state index contributed by atoms with van der Waals surface area (Å²) < 4.78 is 39.5. The standard InChI is InChI=1S/C27H31ClN2O5S/c1-5-34-25-14-10-21(15-26(25)35-6-2)17-29-27(31)18-30(24-16-22(28)11-9-20(24)4)36(32,33)23-12-7-19(3)8-13-23/h7-16H,5-6,17-18H2,1-4H3,(H,29,31). The van der Waals surface area contributed by atoms with E-state index in [1.807, 2.05) is 26.8 Å². The summed E-state index contributed by atoms with van der Waals surface area (Å²) in [7, 11) is -4.04. The van der Waals surface area contributed by atoms with E-state index in [9.17, 15) is 13.2 Å². The lowest BCUT2D eigenvalue weighted by Crippen LogP contribution is -2.41. The number of benzene rings is 3. The highest BCUT2D eigenvalue weighted by Gasteiger charge is 2.28. The van der Waals surface area contributed by atoms with E-state index in [1.54, 1.807) is 49.4 Å². The van der Waals surface area contributed by atoms with E-state index in [-0.39, 0.29) is 11.4 Å². The van der Waals surface area contributed by atoms with Crippen LogP contribution < -0.4 is 19.1 Å². The molecule has 0 saturated heterocycles. The molecule has 1 amide bonds. The summed E-state index contributed by atoms with van der Waals surface area (Å²) in [5.41, 5.74) is 2.75. The van der Waals surface area contributed by atoms with Gasteiger partial charge in [-0.2, -0.15) is 0 Å². The summed E-state index contributed by atoms with van der Waals surface area (Å²) in [6, 6.07) is 16.9. The number of nitrogens with one attached hydrogen (secondary N) is 1. The number of hydrogen-bond acceptors (Lipinski definition) is 5. The van der Waals surface area contributed by atoms with Crippen molar-refractivity contribution in [2.75, 3.05) is 24.1 Å². The molecule has 36 heavy (non-hydrogen) atoms. The van der Waals surface area contributed by atoms with Gasteiger partial charge >= 0.3 is 0 Å². The van der Waals surface area contributed by atoms with Crippen molar-refractivity contribution in [3.8, 4) is 11.5 Å². The smallest absolute Gasteiger partial charge is 0.264 e. The summed E-state index contributed by atoms with van der Waals surface area (Å²) in [4.78, 5) is 13.1. The van der Waals surface area contributed by atoms with E-state index in [0.717, 1.165) is 15.4 Å². The van der Waals surface area contributed by atoms with Crippen LogP contribution in [0.25, 0.3) is 0 Å². The molecule has 0 heterocycles. The minimum Gasteiger partial charge on any atom is -0.490 e. The highest BCUT2D eigenvalue weighted by atomic mass is 35.5. The maximum atomic E-state index is 13.6. The highest BCUT2D eigenvalue weighted by molar-refractivity contribution is 7.92. The number of sulfonamides is 1. The van der Waals surface area contributed by atoms with Crippen molar-refractivity contribution in [3.63, 3.8) is 0 Å². The molecule has 0 aromatic heterocycles. The van der Waals surface area contributed by atoms with Crippen LogP contribution in [0.2, 0.25) is 5.02 Å². The van der Waals surface area contributed by atoms with Crippen molar-refractivity contribution in [3.05, 3.63) is 82.4 Å². The predicted molar refractivity (Wildman–Crippen MR) is 143 cm³/mol. The van der Waals surface area contributed by atoms with E-state index >= 15 is 0 Å². The molecule has 0 aliphatic heterocycles. The van der Waals surface area contributed by atoms with Gasteiger partial charge in [0, 0.05) is 11.6 Å². The summed E-state index contributed by atoms with van der Waals surface area (Å²) in [6.45, 7) is 8.18. The maximum absolute atomic E-state index is 13.6. The third-order valence-corrected chi connectivity index (χ3v) is 7.44. The number of nitrogens with zero attached hydrogens (tertiary/aromatic N) is 1. The SMILES string of the molecule is CCOc1ccc(CNC(=O)CN(c2cc(Cl)ccc2C)S(=O)(=O)c2ccc(C)cc2)cc1OCC. The lowest BCUT2D eigenvalue weighted by molar-refractivity contribution is -0.119. The van der Waals surface area contributed by atoms with Crippen molar-refractivity contribution in [1.82, 2.24) is 5.32 Å². The van der Waals surface area contributed by atoms with Crippen molar-refractivity contribution < 1.29 is 22.7 Å². The van der Waals surface area contributed by atoms with Gasteiger partial charge in [-0.15, -0.1) is 0 Å². The Balaban J connectivity index is 1.85. The Morgan fingerprint density at radius 1 is 0.917 bits per heavy atom. The average Bonchev–Trinajstić information content (AvgIpc) is 2.84. The van der Waals surface area contributed by atoms with E-state index in [1.165, 1.54) is 12.1 Å². The number of carbonyl (C=O) groups excluding carboxylic acids is 1. The molecule has 7 nitrogen and oxygen atoms in total. The van der Waals surface area contributed by atoms with Gasteiger partial charge in [-0.05, 0) is 75.2 Å². The van der Waals surface area contributed by atoms with Gasteiger partial charge in [0.2, 0.25) is 5.91 Å². The molecule has 9 heteroatoms. The summed E-state index contributed by atoms with van der Waals surface area (Å²) in [5, 5.41) is 3.19. The van der Waals surface area contributed by atoms with Crippen molar-refractivity contribution in [1.29, 1.82) is 0 Å². The van der Waals surface area contributed by atoms with E-state index in [2.05, 4.69) is 5.32 Å². The minimum absolute atomic E-state index is 0.0909. The largest absolute Gasteiger partial charge is 0.490 e. The van der Waals surface area contributed by atoms with Crippen molar-refractivity contribution in [2.24, 2.45) is 0 Å². The third-order valence-electron chi connectivity index (χ3n) is 5.43. The fourth-order valence-electron chi connectivity index (χ4n) is 3.58. The van der Waals surface area contributed by atoms with Gasteiger partial charge in [0.1, 0.15) is 6.54 Å². The number of hydrogen-bond donors (Lipinski definition) is 1. The first-order valence-electron chi connectivity index (χ1n) is 11.7. The first-order valence-corrected chi connectivity index (χ1v) is 13.5. The Bertz CT molecular complexity index is 1310. The van der Waals surface area contributed by atoms with E-state index < -0.39 is 22.5 Å². The van der Waals surface area contributed by atoms with Gasteiger partial charge < -0.3 is 14.8 Å². The summed E-state index contributed by atoms with van der Waals surface area (Å²) in [6.07, 6.45) is 0. The van der Waals surface area contributed by atoms with Gasteiger partial charge in [0.05, 0.1) is 23.8 Å². The Morgan fingerprint density at radius 3 is 2.25 bits per heavy atom. The Morgan fingerprint density at radius 2 is 1.58 bits per heavy atom. The number of anilines is 1. The topological polar surface area (TPSA) is 84.9 Å². The molecule has 0 fully saturated rings. The number of amides is 1. The average molecular weight is 531 g/mol. The molecule has 0 unspecified atom stereocenters. The number of halogens is 1. The molecular weight excluding hydrogens is 500 g/mol. The second-order valence-corrected chi connectivity index (χ2v) is 10.5. The predicted octanol–water partition coefficient (Wildman–Crippen LogP) is 5.27. The van der Waals surface area contributed by atoms with Crippen LogP contribution in [0.4, 0.5) is 5.69 Å². The van der Waals surface area contributed by atoms with Crippen LogP contribution in [0.3, 0.4) is 0 Å². The molecule has 0 radical (unpaired) electrons. The monoisotopic (exact) mass is 530 g/mol. The molecule has 0 saturated carbocycles. The Hall–Kier alpha value is -3.23. The molecular formula is C27H31ClN2O5S. The number of aryl methyl sites for hydroxylation is 2. The van der Waals surface area contributed by atoms with Crippen molar-refractivity contribution >= 4 is 33.2 Å². The molecule has 3 rings (SSSR count). The Labute approximate surface area is 218 Å². The molecule has 0 atom stereocenters. The van der Waals surface area contributed by atoms with Crippen molar-refractivity contribution in [2.45, 2.75) is 39.1 Å². The first kappa shape index (κ1) is 27.4. The van der Waals surface area contributed by atoms with E-state index in [0.29, 0.717) is 41.0 Å². The number of ether oxygens (including phenoxy) is 2. The van der Waals surface area contributed by atoms with Crippen LogP contribution in [-0.4, -0.2) is 34.1 Å². The first-order chi connectivity index (χ1) is 17.1. The second kappa shape index (κ2) is 12.1. The third kappa shape index (κ3) is 6.71. The highest BCUT2D eigenvalue weighted by Crippen LogP contribution is 2.30. The van der Waals surface area contributed by atoms with Crippen LogP contribution in [0.15, 0.2) is 65.6 Å². The number of rotatable bonds is 11. The molecule has 0 aliphatic carbocycles.